The molecule has 25 heavy (non-hydrogen) atoms. The van der Waals surface area contributed by atoms with Gasteiger partial charge in [-0.05, 0) is 18.9 Å². The molecule has 7 heteroatoms. The molecule has 1 aliphatic carbocycles. The first-order valence-electron chi connectivity index (χ1n) is 8.45. The zero-order valence-corrected chi connectivity index (χ0v) is 15.0. The molecule has 0 atom stereocenters. The van der Waals surface area contributed by atoms with Crippen molar-refractivity contribution in [2.75, 3.05) is 19.6 Å². The minimum atomic E-state index is -0.304. The van der Waals surface area contributed by atoms with Crippen molar-refractivity contribution in [1.29, 1.82) is 0 Å². The van der Waals surface area contributed by atoms with Crippen molar-refractivity contribution >= 4 is 16.8 Å². The fourth-order valence-electron chi connectivity index (χ4n) is 2.82. The van der Waals surface area contributed by atoms with Gasteiger partial charge in [0, 0.05) is 17.9 Å². The van der Waals surface area contributed by atoms with Crippen LogP contribution in [-0.2, 0) is 4.79 Å². The van der Waals surface area contributed by atoms with Crippen molar-refractivity contribution < 1.29 is 14.3 Å². The van der Waals surface area contributed by atoms with Crippen LogP contribution >= 0.6 is 0 Å². The van der Waals surface area contributed by atoms with E-state index in [-0.39, 0.29) is 23.3 Å². The molecule has 0 unspecified atom stereocenters. The summed E-state index contributed by atoms with van der Waals surface area (Å²) < 4.78 is 11.9. The molecule has 0 bridgehead atoms. The lowest BCUT2D eigenvalue weighted by Gasteiger charge is -2.28. The van der Waals surface area contributed by atoms with Gasteiger partial charge in [-0.25, -0.2) is 9.66 Å². The van der Waals surface area contributed by atoms with Gasteiger partial charge in [-0.3, -0.25) is 15.0 Å². The fourth-order valence-corrected chi connectivity index (χ4v) is 2.82. The van der Waals surface area contributed by atoms with Crippen LogP contribution in [0.5, 0.6) is 11.5 Å². The predicted octanol–water partition coefficient (Wildman–Crippen LogP) is 2.41. The summed E-state index contributed by atoms with van der Waals surface area (Å²) in [7, 11) is 3.06. The van der Waals surface area contributed by atoms with Gasteiger partial charge in [0.05, 0.1) is 25.1 Å². The Morgan fingerprint density at radius 2 is 1.88 bits per heavy atom. The smallest absolute Gasteiger partial charge is 0.280 e. The normalized spacial score (nSPS) is 14.4. The zero-order valence-electron chi connectivity index (χ0n) is 15.0. The molecule has 2 aromatic rings. The molecule has 1 fully saturated rings. The number of methoxy groups -OCH3 is 2. The minimum absolute atomic E-state index is 0.178. The first-order chi connectivity index (χ1) is 12.0. The van der Waals surface area contributed by atoms with Crippen LogP contribution in [0.4, 0.5) is 0 Å². The van der Waals surface area contributed by atoms with Gasteiger partial charge in [0.1, 0.15) is 5.82 Å². The average Bonchev–Trinajstić information content (AvgIpc) is 2.55. The highest BCUT2D eigenvalue weighted by molar-refractivity contribution is 5.86. The van der Waals surface area contributed by atoms with Gasteiger partial charge in [0.15, 0.2) is 11.5 Å². The molecule has 1 saturated carbocycles. The van der Waals surface area contributed by atoms with E-state index >= 15 is 0 Å². The number of nitrogens with one attached hydrogen (secondary N) is 1. The van der Waals surface area contributed by atoms with E-state index in [1.165, 1.54) is 11.8 Å². The summed E-state index contributed by atoms with van der Waals surface area (Å²) in [5.41, 5.74) is 2.95. The van der Waals surface area contributed by atoms with E-state index in [1.807, 2.05) is 0 Å². The van der Waals surface area contributed by atoms with Crippen molar-refractivity contribution in [3.63, 3.8) is 0 Å². The molecule has 1 aromatic carbocycles. The van der Waals surface area contributed by atoms with Gasteiger partial charge in [0.2, 0.25) is 5.91 Å². The zero-order chi connectivity index (χ0) is 18.1. The first kappa shape index (κ1) is 17.3. The van der Waals surface area contributed by atoms with Crippen molar-refractivity contribution in [1.82, 2.24) is 9.66 Å². The Labute approximate surface area is 145 Å². The molecule has 1 aromatic heterocycles. The molecule has 134 valence electrons. The highest BCUT2D eigenvalue weighted by Crippen LogP contribution is 2.36. The number of hydrogen-bond donors (Lipinski definition) is 1. The van der Waals surface area contributed by atoms with Crippen LogP contribution in [0, 0.1) is 5.92 Å². The summed E-state index contributed by atoms with van der Waals surface area (Å²) in [5, 5.41) is 0.379. The third-order valence-corrected chi connectivity index (χ3v) is 4.62. The second-order valence-electron chi connectivity index (χ2n) is 6.59. The van der Waals surface area contributed by atoms with Gasteiger partial charge < -0.3 is 9.47 Å². The summed E-state index contributed by atoms with van der Waals surface area (Å²) in [6.45, 7) is 3.57. The number of amides is 1. The van der Waals surface area contributed by atoms with Crippen LogP contribution in [0.2, 0.25) is 0 Å². The Balaban J connectivity index is 2.22. The third-order valence-electron chi connectivity index (χ3n) is 4.62. The predicted molar refractivity (Wildman–Crippen MR) is 94.9 cm³/mol. The number of nitrogens with zero attached hydrogens (tertiary/aromatic N) is 2. The quantitative estimate of drug-likeness (QED) is 0.900. The molecular weight excluding hydrogens is 322 g/mol. The SMILES string of the molecule is COc1cc2nc(C3CCC3)n(NC(=O)C(C)C)c(=O)c2cc1OC. The lowest BCUT2D eigenvalue weighted by Crippen LogP contribution is -2.39. The van der Waals surface area contributed by atoms with Gasteiger partial charge in [-0.1, -0.05) is 20.3 Å². The molecular formula is C18H23N3O4. The Bertz CT molecular complexity index is 869. The maximum atomic E-state index is 13.0. The largest absolute Gasteiger partial charge is 0.493 e. The molecule has 0 aliphatic heterocycles. The van der Waals surface area contributed by atoms with E-state index < -0.39 is 0 Å². The average molecular weight is 345 g/mol. The lowest BCUT2D eigenvalue weighted by molar-refractivity contribution is -0.119. The Hall–Kier alpha value is -2.57. The number of benzene rings is 1. The summed E-state index contributed by atoms with van der Waals surface area (Å²) in [6, 6.07) is 3.30. The lowest BCUT2D eigenvalue weighted by atomic mass is 9.84. The molecule has 1 amide bonds. The van der Waals surface area contributed by atoms with Crippen molar-refractivity contribution in [3.8, 4) is 11.5 Å². The Morgan fingerprint density at radius 3 is 2.40 bits per heavy atom. The molecule has 7 nitrogen and oxygen atoms in total. The third kappa shape index (κ3) is 3.06. The van der Waals surface area contributed by atoms with E-state index in [1.54, 1.807) is 33.1 Å². The number of hydrogen-bond acceptors (Lipinski definition) is 5. The molecule has 0 saturated heterocycles. The second kappa shape index (κ2) is 6.74. The van der Waals surface area contributed by atoms with E-state index in [0.29, 0.717) is 28.2 Å². The van der Waals surface area contributed by atoms with Gasteiger partial charge in [-0.2, -0.15) is 0 Å². The Morgan fingerprint density at radius 1 is 1.24 bits per heavy atom. The number of aromatic nitrogens is 2. The first-order valence-corrected chi connectivity index (χ1v) is 8.45. The van der Waals surface area contributed by atoms with Crippen LogP contribution in [0.1, 0.15) is 44.9 Å². The maximum absolute atomic E-state index is 13.0. The topological polar surface area (TPSA) is 82.5 Å². The number of ether oxygens (including phenoxy) is 2. The van der Waals surface area contributed by atoms with Crippen LogP contribution in [0.25, 0.3) is 10.9 Å². The summed E-state index contributed by atoms with van der Waals surface area (Å²) in [5.74, 6) is 1.30. The molecule has 1 heterocycles. The Kier molecular flexibility index (Phi) is 4.65. The highest BCUT2D eigenvalue weighted by atomic mass is 16.5. The van der Waals surface area contributed by atoms with E-state index in [2.05, 4.69) is 10.4 Å². The summed E-state index contributed by atoms with van der Waals surface area (Å²) in [6.07, 6.45) is 3.02. The standard InChI is InChI=1S/C18H23N3O4/c1-10(2)17(22)20-21-16(11-6-5-7-11)19-13-9-15(25-4)14(24-3)8-12(13)18(21)23/h8-11H,5-7H2,1-4H3,(H,20,22). The number of carbonyl (C=O) groups excluding carboxylic acids is 1. The summed E-state index contributed by atoms with van der Waals surface area (Å²) >= 11 is 0. The maximum Gasteiger partial charge on any atom is 0.280 e. The van der Waals surface area contributed by atoms with Gasteiger partial charge in [0.25, 0.3) is 5.56 Å². The monoisotopic (exact) mass is 345 g/mol. The van der Waals surface area contributed by atoms with Crippen LogP contribution in [0.15, 0.2) is 16.9 Å². The van der Waals surface area contributed by atoms with E-state index in [9.17, 15) is 9.59 Å². The van der Waals surface area contributed by atoms with Gasteiger partial charge in [-0.15, -0.1) is 0 Å². The van der Waals surface area contributed by atoms with Gasteiger partial charge >= 0.3 is 0 Å². The number of rotatable bonds is 5. The van der Waals surface area contributed by atoms with Crippen molar-refractivity contribution in [2.24, 2.45) is 5.92 Å². The molecule has 0 spiro atoms. The second-order valence-corrected chi connectivity index (χ2v) is 6.59. The van der Waals surface area contributed by atoms with E-state index in [0.717, 1.165) is 19.3 Å². The number of carbonyl (C=O) groups is 1. The summed E-state index contributed by atoms with van der Waals surface area (Å²) in [4.78, 5) is 29.9. The molecule has 1 N–H and O–H groups in total. The van der Waals surface area contributed by atoms with Crippen LogP contribution < -0.4 is 20.5 Å². The highest BCUT2D eigenvalue weighted by Gasteiger charge is 2.27. The van der Waals surface area contributed by atoms with E-state index in [4.69, 9.17) is 9.47 Å². The molecule has 0 radical (unpaired) electrons. The fraction of sp³-hybridized carbons (Fsp3) is 0.500. The number of fused-ring (bicyclic) bond motifs is 1. The van der Waals surface area contributed by atoms with Crippen LogP contribution in [-0.4, -0.2) is 29.8 Å². The molecule has 1 aliphatic rings. The molecule has 3 rings (SSSR count). The minimum Gasteiger partial charge on any atom is -0.493 e. The van der Waals surface area contributed by atoms with Crippen molar-refractivity contribution in [2.45, 2.75) is 39.0 Å². The van der Waals surface area contributed by atoms with Crippen molar-refractivity contribution in [3.05, 3.63) is 28.3 Å². The van der Waals surface area contributed by atoms with Crippen LogP contribution in [0.3, 0.4) is 0 Å².